The van der Waals surface area contributed by atoms with Crippen molar-refractivity contribution in [3.8, 4) is 11.3 Å². The van der Waals surface area contributed by atoms with Gasteiger partial charge in [-0.2, -0.15) is 11.3 Å². The van der Waals surface area contributed by atoms with Crippen LogP contribution in [0.2, 0.25) is 0 Å². The number of nitrogens with zero attached hydrogens (tertiary/aromatic N) is 3. The van der Waals surface area contributed by atoms with Crippen LogP contribution in [-0.4, -0.2) is 14.4 Å². The monoisotopic (exact) mass is 296 g/mol. The molecule has 4 aromatic rings. The Morgan fingerprint density at radius 1 is 1.29 bits per heavy atom. The zero-order chi connectivity index (χ0) is 14.1. The van der Waals surface area contributed by atoms with Gasteiger partial charge >= 0.3 is 0 Å². The zero-order valence-corrected chi connectivity index (χ0v) is 11.9. The molecule has 0 amide bonds. The average Bonchev–Trinajstić information content (AvgIpc) is 3.24. The van der Waals surface area contributed by atoms with Gasteiger partial charge in [-0.05, 0) is 23.6 Å². The van der Waals surface area contributed by atoms with Crippen LogP contribution in [0.25, 0.3) is 16.9 Å². The Labute approximate surface area is 124 Å². The molecule has 0 saturated heterocycles. The van der Waals surface area contributed by atoms with E-state index in [1.807, 2.05) is 28.9 Å². The second-order valence-electron chi connectivity index (χ2n) is 4.56. The molecular formula is C15H12N4OS. The molecule has 0 aliphatic carbocycles. The van der Waals surface area contributed by atoms with Crippen molar-refractivity contribution in [1.82, 2.24) is 14.4 Å². The van der Waals surface area contributed by atoms with Gasteiger partial charge in [-0.3, -0.25) is 4.40 Å². The number of rotatable bonds is 4. The van der Waals surface area contributed by atoms with Crippen LogP contribution in [0, 0.1) is 0 Å². The molecule has 0 aliphatic rings. The van der Waals surface area contributed by atoms with E-state index in [1.54, 1.807) is 23.8 Å². The summed E-state index contributed by atoms with van der Waals surface area (Å²) in [4.78, 5) is 8.85. The number of hydrogen-bond donors (Lipinski definition) is 1. The van der Waals surface area contributed by atoms with Crippen LogP contribution in [0.5, 0.6) is 0 Å². The summed E-state index contributed by atoms with van der Waals surface area (Å²) >= 11 is 1.67. The number of imidazole rings is 1. The minimum atomic E-state index is 0.584. The topological polar surface area (TPSA) is 55.4 Å². The maximum Gasteiger partial charge on any atom is 0.180 e. The van der Waals surface area contributed by atoms with E-state index in [0.717, 1.165) is 28.5 Å². The van der Waals surface area contributed by atoms with Gasteiger partial charge in [-0.1, -0.05) is 0 Å². The fraction of sp³-hybridized carbons (Fsp3) is 0.0667. The summed E-state index contributed by atoms with van der Waals surface area (Å²) in [6.07, 6.45) is 7.23. The summed E-state index contributed by atoms with van der Waals surface area (Å²) < 4.78 is 7.36. The number of nitrogens with one attached hydrogen (secondary N) is 1. The Balaban J connectivity index is 1.70. The lowest BCUT2D eigenvalue weighted by Gasteiger charge is -2.06. The van der Waals surface area contributed by atoms with Crippen LogP contribution in [0.1, 0.15) is 5.76 Å². The first-order valence-electron chi connectivity index (χ1n) is 6.53. The predicted octanol–water partition coefficient (Wildman–Crippen LogP) is 3.66. The number of anilines is 1. The van der Waals surface area contributed by atoms with Crippen LogP contribution >= 0.6 is 11.3 Å². The second-order valence-corrected chi connectivity index (χ2v) is 5.34. The molecule has 0 saturated carbocycles. The van der Waals surface area contributed by atoms with Gasteiger partial charge in [0, 0.05) is 23.3 Å². The number of fused-ring (bicyclic) bond motifs is 1. The number of furan rings is 1. The molecule has 0 aliphatic heterocycles. The molecule has 0 unspecified atom stereocenters. The average molecular weight is 296 g/mol. The van der Waals surface area contributed by atoms with Gasteiger partial charge in [-0.15, -0.1) is 0 Å². The summed E-state index contributed by atoms with van der Waals surface area (Å²) in [5.74, 6) is 1.61. The van der Waals surface area contributed by atoms with Crippen LogP contribution in [-0.2, 0) is 6.54 Å². The summed E-state index contributed by atoms with van der Waals surface area (Å²) in [5.41, 5.74) is 3.04. The van der Waals surface area contributed by atoms with Gasteiger partial charge in [0.15, 0.2) is 11.5 Å². The number of hydrogen-bond acceptors (Lipinski definition) is 5. The molecule has 0 atom stereocenters. The molecule has 4 aromatic heterocycles. The van der Waals surface area contributed by atoms with Gasteiger partial charge in [0.05, 0.1) is 24.7 Å². The van der Waals surface area contributed by atoms with Crippen molar-refractivity contribution in [2.45, 2.75) is 6.54 Å². The SMILES string of the molecule is c1coc(CNc2nccn3c(-c4ccsc4)cnc23)c1. The van der Waals surface area contributed by atoms with E-state index >= 15 is 0 Å². The molecule has 0 bridgehead atoms. The van der Waals surface area contributed by atoms with Gasteiger partial charge in [0.1, 0.15) is 5.76 Å². The molecule has 0 spiro atoms. The van der Waals surface area contributed by atoms with Gasteiger partial charge in [0.25, 0.3) is 0 Å². The smallest absolute Gasteiger partial charge is 0.180 e. The van der Waals surface area contributed by atoms with Crippen LogP contribution in [0.4, 0.5) is 5.82 Å². The third kappa shape index (κ3) is 2.19. The van der Waals surface area contributed by atoms with Crippen LogP contribution < -0.4 is 5.32 Å². The maximum atomic E-state index is 5.32. The van der Waals surface area contributed by atoms with Crippen molar-refractivity contribution in [3.05, 3.63) is 59.6 Å². The molecule has 104 valence electrons. The first-order valence-corrected chi connectivity index (χ1v) is 7.47. The standard InChI is InChI=1S/C15H12N4OS/c1-2-12(20-6-1)8-17-14-15-18-9-13(11-3-7-21-10-11)19(15)5-4-16-14/h1-7,9-10H,8H2,(H,16,17). The van der Waals surface area contributed by atoms with Crippen LogP contribution in [0.3, 0.4) is 0 Å². The van der Waals surface area contributed by atoms with Crippen molar-refractivity contribution in [1.29, 1.82) is 0 Å². The van der Waals surface area contributed by atoms with E-state index in [9.17, 15) is 0 Å². The fourth-order valence-electron chi connectivity index (χ4n) is 2.25. The van der Waals surface area contributed by atoms with Crippen molar-refractivity contribution in [2.24, 2.45) is 0 Å². The van der Waals surface area contributed by atoms with E-state index in [2.05, 4.69) is 32.1 Å². The van der Waals surface area contributed by atoms with Crippen molar-refractivity contribution in [2.75, 3.05) is 5.32 Å². The lowest BCUT2D eigenvalue weighted by atomic mass is 10.3. The lowest BCUT2D eigenvalue weighted by Crippen LogP contribution is -2.03. The van der Waals surface area contributed by atoms with Crippen molar-refractivity contribution < 1.29 is 4.42 Å². The van der Waals surface area contributed by atoms with Gasteiger partial charge < -0.3 is 9.73 Å². The van der Waals surface area contributed by atoms with E-state index < -0.39 is 0 Å². The molecule has 0 fully saturated rings. The third-order valence-corrected chi connectivity index (χ3v) is 3.94. The molecule has 1 N–H and O–H groups in total. The highest BCUT2D eigenvalue weighted by atomic mass is 32.1. The first-order chi connectivity index (χ1) is 10.4. The molecular weight excluding hydrogens is 284 g/mol. The summed E-state index contributed by atoms with van der Waals surface area (Å²) in [7, 11) is 0. The zero-order valence-electron chi connectivity index (χ0n) is 11.1. The first kappa shape index (κ1) is 12.2. The number of aromatic nitrogens is 3. The van der Waals surface area contributed by atoms with Crippen LogP contribution in [0.15, 0.2) is 58.2 Å². The Morgan fingerprint density at radius 3 is 3.10 bits per heavy atom. The maximum absolute atomic E-state index is 5.32. The fourth-order valence-corrected chi connectivity index (χ4v) is 2.90. The highest BCUT2D eigenvalue weighted by molar-refractivity contribution is 7.08. The largest absolute Gasteiger partial charge is 0.467 e. The Hall–Kier alpha value is -2.60. The van der Waals surface area contributed by atoms with E-state index in [1.165, 1.54) is 0 Å². The highest BCUT2D eigenvalue weighted by Gasteiger charge is 2.10. The van der Waals surface area contributed by atoms with E-state index in [0.29, 0.717) is 6.54 Å². The highest BCUT2D eigenvalue weighted by Crippen LogP contribution is 2.25. The minimum Gasteiger partial charge on any atom is -0.467 e. The third-order valence-electron chi connectivity index (χ3n) is 3.26. The molecule has 4 heterocycles. The Kier molecular flexibility index (Phi) is 2.93. The van der Waals surface area contributed by atoms with Crippen molar-refractivity contribution in [3.63, 3.8) is 0 Å². The van der Waals surface area contributed by atoms with Gasteiger partial charge in [-0.25, -0.2) is 9.97 Å². The molecule has 0 aromatic carbocycles. The van der Waals surface area contributed by atoms with E-state index in [4.69, 9.17) is 4.42 Å². The summed E-state index contributed by atoms with van der Waals surface area (Å²) in [6, 6.07) is 5.88. The Bertz CT molecular complexity index is 849. The molecule has 5 nitrogen and oxygen atoms in total. The molecule has 6 heteroatoms. The second kappa shape index (κ2) is 5.06. The minimum absolute atomic E-state index is 0.584. The van der Waals surface area contributed by atoms with E-state index in [-0.39, 0.29) is 0 Å². The Morgan fingerprint density at radius 2 is 2.29 bits per heavy atom. The molecule has 21 heavy (non-hydrogen) atoms. The van der Waals surface area contributed by atoms with Crippen molar-refractivity contribution >= 4 is 22.8 Å². The molecule has 0 radical (unpaired) electrons. The normalized spacial score (nSPS) is 11.0. The predicted molar refractivity (Wildman–Crippen MR) is 82.3 cm³/mol. The van der Waals surface area contributed by atoms with Gasteiger partial charge in [0.2, 0.25) is 0 Å². The number of thiophene rings is 1. The summed E-state index contributed by atoms with van der Waals surface area (Å²) in [5, 5.41) is 7.44. The lowest BCUT2D eigenvalue weighted by molar-refractivity contribution is 0.518. The summed E-state index contributed by atoms with van der Waals surface area (Å²) in [6.45, 7) is 0.584. The molecule has 4 rings (SSSR count). The quantitative estimate of drug-likeness (QED) is 0.624.